The third-order valence-electron chi connectivity index (χ3n) is 3.52. The van der Waals surface area contributed by atoms with Gasteiger partial charge in [0.05, 0.1) is 13.7 Å². The zero-order valence-electron chi connectivity index (χ0n) is 12.8. The quantitative estimate of drug-likeness (QED) is 0.879. The molecule has 2 aromatic rings. The molecule has 0 aliphatic rings. The van der Waals surface area contributed by atoms with Crippen molar-refractivity contribution < 1.29 is 14.6 Å². The molecule has 3 heteroatoms. The Bertz CT molecular complexity index is 573. The first-order chi connectivity index (χ1) is 10.1. The lowest BCUT2D eigenvalue weighted by Gasteiger charge is -2.26. The predicted molar refractivity (Wildman–Crippen MR) is 83.9 cm³/mol. The fourth-order valence-corrected chi connectivity index (χ4v) is 2.30. The van der Waals surface area contributed by atoms with Gasteiger partial charge in [0.15, 0.2) is 0 Å². The Kier molecular flexibility index (Phi) is 4.86. The molecular formula is C18H22O3. The first kappa shape index (κ1) is 15.4. The number of methoxy groups -OCH3 is 1. The van der Waals surface area contributed by atoms with Gasteiger partial charge in [0.2, 0.25) is 0 Å². The van der Waals surface area contributed by atoms with Gasteiger partial charge >= 0.3 is 0 Å². The normalized spacial score (nSPS) is 13.5. The maximum absolute atomic E-state index is 10.9. The summed E-state index contributed by atoms with van der Waals surface area (Å²) in [7, 11) is 1.61. The summed E-state index contributed by atoms with van der Waals surface area (Å²) in [4.78, 5) is 0. The third kappa shape index (κ3) is 3.37. The number of hydrogen-bond donors (Lipinski definition) is 1. The molecule has 1 atom stereocenters. The van der Waals surface area contributed by atoms with Gasteiger partial charge in [-0.25, -0.2) is 0 Å². The van der Waals surface area contributed by atoms with Crippen molar-refractivity contribution in [2.75, 3.05) is 13.7 Å². The molecule has 2 aromatic carbocycles. The molecule has 0 saturated heterocycles. The number of para-hydroxylation sites is 1. The lowest BCUT2D eigenvalue weighted by Crippen LogP contribution is -2.23. The van der Waals surface area contributed by atoms with Crippen LogP contribution in [0.15, 0.2) is 48.5 Å². The van der Waals surface area contributed by atoms with Crippen LogP contribution in [0.25, 0.3) is 0 Å². The van der Waals surface area contributed by atoms with E-state index in [1.54, 1.807) is 14.0 Å². The van der Waals surface area contributed by atoms with Gasteiger partial charge in [0, 0.05) is 5.56 Å². The van der Waals surface area contributed by atoms with Crippen molar-refractivity contribution in [2.24, 2.45) is 0 Å². The van der Waals surface area contributed by atoms with Gasteiger partial charge in [-0.2, -0.15) is 0 Å². The topological polar surface area (TPSA) is 38.7 Å². The first-order valence-electron chi connectivity index (χ1n) is 7.18. The molecular weight excluding hydrogens is 264 g/mol. The van der Waals surface area contributed by atoms with Gasteiger partial charge < -0.3 is 14.6 Å². The molecule has 3 nitrogen and oxygen atoms in total. The number of ether oxygens (including phenoxy) is 2. The van der Waals surface area contributed by atoms with Crippen LogP contribution in [0.1, 0.15) is 31.4 Å². The van der Waals surface area contributed by atoms with Gasteiger partial charge in [0.25, 0.3) is 0 Å². The predicted octanol–water partition coefficient (Wildman–Crippen LogP) is 3.74. The Hall–Kier alpha value is -2.00. The number of benzene rings is 2. The standard InChI is InChI=1S/C18H22O3/c1-4-13-21-15-11-9-14(10-12-15)18(2,19)16-7-5-6-8-17(16)20-3/h5-12,19H,4,13H2,1-3H3. The Labute approximate surface area is 126 Å². The molecule has 0 aromatic heterocycles. The van der Waals surface area contributed by atoms with E-state index in [2.05, 4.69) is 6.92 Å². The molecule has 0 bridgehead atoms. The minimum Gasteiger partial charge on any atom is -0.496 e. The second-order valence-corrected chi connectivity index (χ2v) is 5.15. The van der Waals surface area contributed by atoms with Crippen molar-refractivity contribution in [1.29, 1.82) is 0 Å². The summed E-state index contributed by atoms with van der Waals surface area (Å²) in [6, 6.07) is 15.0. The highest BCUT2D eigenvalue weighted by atomic mass is 16.5. The van der Waals surface area contributed by atoms with E-state index in [-0.39, 0.29) is 0 Å². The Morgan fingerprint density at radius 3 is 2.33 bits per heavy atom. The van der Waals surface area contributed by atoms with Crippen molar-refractivity contribution in [2.45, 2.75) is 25.9 Å². The number of aliphatic hydroxyl groups is 1. The SMILES string of the molecule is CCCOc1ccc(C(C)(O)c2ccccc2OC)cc1. The lowest BCUT2D eigenvalue weighted by molar-refractivity contribution is 0.0989. The Morgan fingerprint density at radius 1 is 1.05 bits per heavy atom. The summed E-state index contributed by atoms with van der Waals surface area (Å²) >= 11 is 0. The monoisotopic (exact) mass is 286 g/mol. The molecule has 0 aliphatic heterocycles. The number of hydrogen-bond acceptors (Lipinski definition) is 3. The van der Waals surface area contributed by atoms with Gasteiger partial charge in [0.1, 0.15) is 17.1 Å². The van der Waals surface area contributed by atoms with E-state index in [0.29, 0.717) is 12.4 Å². The van der Waals surface area contributed by atoms with E-state index in [4.69, 9.17) is 9.47 Å². The molecule has 0 saturated carbocycles. The average molecular weight is 286 g/mol. The second-order valence-electron chi connectivity index (χ2n) is 5.15. The maximum atomic E-state index is 10.9. The lowest BCUT2D eigenvalue weighted by atomic mass is 9.87. The Morgan fingerprint density at radius 2 is 1.71 bits per heavy atom. The van der Waals surface area contributed by atoms with Crippen LogP contribution in [0, 0.1) is 0 Å². The second kappa shape index (κ2) is 6.64. The minimum atomic E-state index is -1.12. The molecule has 0 fully saturated rings. The van der Waals surface area contributed by atoms with Crippen molar-refractivity contribution in [3.8, 4) is 11.5 Å². The molecule has 1 N–H and O–H groups in total. The molecule has 0 aliphatic carbocycles. The van der Waals surface area contributed by atoms with E-state index in [1.807, 2.05) is 48.5 Å². The third-order valence-corrected chi connectivity index (χ3v) is 3.52. The van der Waals surface area contributed by atoms with Crippen LogP contribution < -0.4 is 9.47 Å². The maximum Gasteiger partial charge on any atom is 0.125 e. The summed E-state index contributed by atoms with van der Waals surface area (Å²) in [6.45, 7) is 4.54. The Balaban J connectivity index is 2.30. The highest BCUT2D eigenvalue weighted by Crippen LogP contribution is 2.35. The fraction of sp³-hybridized carbons (Fsp3) is 0.333. The van der Waals surface area contributed by atoms with Crippen molar-refractivity contribution in [3.05, 3.63) is 59.7 Å². The van der Waals surface area contributed by atoms with E-state index in [1.165, 1.54) is 0 Å². The van der Waals surface area contributed by atoms with Crippen LogP contribution in [0.2, 0.25) is 0 Å². The van der Waals surface area contributed by atoms with Crippen LogP contribution in [0.3, 0.4) is 0 Å². The van der Waals surface area contributed by atoms with E-state index < -0.39 is 5.60 Å². The van der Waals surface area contributed by atoms with Crippen molar-refractivity contribution in [3.63, 3.8) is 0 Å². The first-order valence-corrected chi connectivity index (χ1v) is 7.18. The summed E-state index contributed by atoms with van der Waals surface area (Å²) in [5.41, 5.74) is 0.432. The van der Waals surface area contributed by atoms with Crippen LogP contribution >= 0.6 is 0 Å². The minimum absolute atomic E-state index is 0.675. The van der Waals surface area contributed by atoms with Gasteiger partial charge in [-0.1, -0.05) is 37.3 Å². The zero-order chi connectivity index (χ0) is 15.3. The zero-order valence-corrected chi connectivity index (χ0v) is 12.8. The summed E-state index contributed by atoms with van der Waals surface area (Å²) in [5, 5.41) is 10.9. The fourth-order valence-electron chi connectivity index (χ4n) is 2.30. The molecule has 0 heterocycles. The van der Waals surface area contributed by atoms with E-state index in [9.17, 15) is 5.11 Å². The molecule has 2 rings (SSSR count). The van der Waals surface area contributed by atoms with Crippen LogP contribution in [-0.4, -0.2) is 18.8 Å². The van der Waals surface area contributed by atoms with Crippen LogP contribution in [-0.2, 0) is 5.60 Å². The molecule has 0 spiro atoms. The van der Waals surface area contributed by atoms with Gasteiger partial charge in [-0.05, 0) is 37.1 Å². The van der Waals surface area contributed by atoms with E-state index in [0.717, 1.165) is 23.3 Å². The molecule has 1 unspecified atom stereocenters. The van der Waals surface area contributed by atoms with Gasteiger partial charge in [-0.15, -0.1) is 0 Å². The molecule has 0 radical (unpaired) electrons. The summed E-state index contributed by atoms with van der Waals surface area (Å²) in [6.07, 6.45) is 0.973. The smallest absolute Gasteiger partial charge is 0.125 e. The molecule has 0 amide bonds. The highest BCUT2D eigenvalue weighted by molar-refractivity contribution is 5.45. The summed E-state index contributed by atoms with van der Waals surface area (Å²) in [5.74, 6) is 1.49. The summed E-state index contributed by atoms with van der Waals surface area (Å²) < 4.78 is 10.9. The number of rotatable bonds is 6. The van der Waals surface area contributed by atoms with Crippen LogP contribution in [0.4, 0.5) is 0 Å². The highest BCUT2D eigenvalue weighted by Gasteiger charge is 2.28. The van der Waals surface area contributed by atoms with Gasteiger partial charge in [-0.3, -0.25) is 0 Å². The largest absolute Gasteiger partial charge is 0.496 e. The average Bonchev–Trinajstić information content (AvgIpc) is 2.53. The van der Waals surface area contributed by atoms with Crippen LogP contribution in [0.5, 0.6) is 11.5 Å². The van der Waals surface area contributed by atoms with Crippen molar-refractivity contribution >= 4 is 0 Å². The van der Waals surface area contributed by atoms with Crippen molar-refractivity contribution in [1.82, 2.24) is 0 Å². The van der Waals surface area contributed by atoms with E-state index >= 15 is 0 Å². The molecule has 112 valence electrons. The molecule has 21 heavy (non-hydrogen) atoms.